The molecule has 4 rings (SSSR count). The van der Waals surface area contributed by atoms with E-state index in [0.29, 0.717) is 50.5 Å². The predicted molar refractivity (Wildman–Crippen MR) is 140 cm³/mol. The van der Waals surface area contributed by atoms with Gasteiger partial charge in [0.25, 0.3) is 17.3 Å². The molecule has 0 aliphatic heterocycles. The van der Waals surface area contributed by atoms with Crippen LogP contribution in [-0.4, -0.2) is 34.5 Å². The van der Waals surface area contributed by atoms with Crippen molar-refractivity contribution in [2.75, 3.05) is 14.2 Å². The average molecular weight is 546 g/mol. The number of benzene rings is 2. The second-order valence-electron chi connectivity index (χ2n) is 8.04. The van der Waals surface area contributed by atoms with Crippen LogP contribution in [0.1, 0.15) is 31.4 Å². The van der Waals surface area contributed by atoms with Crippen molar-refractivity contribution in [1.29, 1.82) is 0 Å². The van der Waals surface area contributed by atoms with Crippen molar-refractivity contribution in [3.8, 4) is 45.6 Å². The van der Waals surface area contributed by atoms with E-state index in [1.54, 1.807) is 36.4 Å². The normalized spacial score (nSPS) is 10.9. The van der Waals surface area contributed by atoms with Gasteiger partial charge >= 0.3 is 0 Å². The van der Waals surface area contributed by atoms with Crippen LogP contribution in [0.4, 0.5) is 0 Å². The summed E-state index contributed by atoms with van der Waals surface area (Å²) in [6, 6.07) is 10.1. The summed E-state index contributed by atoms with van der Waals surface area (Å²) in [4.78, 5) is 16.0. The molecule has 0 unspecified atom stereocenters. The lowest BCUT2D eigenvalue weighted by Gasteiger charge is -2.18. The van der Waals surface area contributed by atoms with Crippen LogP contribution in [0.2, 0.25) is 10.0 Å². The summed E-state index contributed by atoms with van der Waals surface area (Å²) in [7, 11) is 3.04. The fourth-order valence-corrected chi connectivity index (χ4v) is 4.16. The number of nitrogens with one attached hydrogen (secondary N) is 1. The van der Waals surface area contributed by atoms with E-state index >= 15 is 0 Å². The molecular formula is C26H25Cl2N3O6. The number of hydrogen-bond donors (Lipinski definition) is 2. The van der Waals surface area contributed by atoms with Crippen LogP contribution in [0.3, 0.4) is 0 Å². The van der Waals surface area contributed by atoms with Crippen molar-refractivity contribution in [2.24, 2.45) is 0 Å². The van der Waals surface area contributed by atoms with E-state index in [4.69, 9.17) is 41.8 Å². The van der Waals surface area contributed by atoms with Gasteiger partial charge in [0, 0.05) is 11.8 Å². The number of methoxy groups -OCH3 is 2. The third-order valence-electron chi connectivity index (χ3n) is 5.66. The molecule has 0 fully saturated rings. The van der Waals surface area contributed by atoms with E-state index in [-0.39, 0.29) is 29.7 Å². The topological polar surface area (TPSA) is 120 Å². The molecule has 4 aromatic rings. The number of aromatic hydroxyl groups is 1. The van der Waals surface area contributed by atoms with Gasteiger partial charge in [-0.2, -0.15) is 0 Å². The molecule has 0 aliphatic carbocycles. The Labute approximate surface area is 222 Å². The summed E-state index contributed by atoms with van der Waals surface area (Å²) >= 11 is 12.0. The number of aryl methyl sites for hydroxylation is 1. The van der Waals surface area contributed by atoms with Crippen LogP contribution >= 0.6 is 23.2 Å². The lowest BCUT2D eigenvalue weighted by Crippen LogP contribution is -2.14. The molecule has 0 saturated carbocycles. The molecular weight excluding hydrogens is 521 g/mol. The summed E-state index contributed by atoms with van der Waals surface area (Å²) in [5.74, 6) is 0.979. The van der Waals surface area contributed by atoms with E-state index in [2.05, 4.69) is 15.2 Å². The Bertz CT molecular complexity index is 1450. The molecule has 2 N–H and O–H groups in total. The van der Waals surface area contributed by atoms with Gasteiger partial charge < -0.3 is 28.7 Å². The monoisotopic (exact) mass is 545 g/mol. The first kappa shape index (κ1) is 26.4. The van der Waals surface area contributed by atoms with Gasteiger partial charge in [0.1, 0.15) is 28.6 Å². The number of unbranched alkanes of at least 4 members (excludes halogenated alkanes) is 1. The van der Waals surface area contributed by atoms with Crippen molar-refractivity contribution < 1.29 is 23.7 Å². The van der Waals surface area contributed by atoms with Crippen molar-refractivity contribution in [3.05, 3.63) is 68.4 Å². The van der Waals surface area contributed by atoms with E-state index in [1.165, 1.54) is 14.2 Å². The summed E-state index contributed by atoms with van der Waals surface area (Å²) in [5, 5.41) is 20.1. The number of nitrogens with zero attached hydrogens (tertiary/aromatic N) is 2. The summed E-state index contributed by atoms with van der Waals surface area (Å²) in [6.45, 7) is 1.95. The zero-order chi connectivity index (χ0) is 26.5. The maximum atomic E-state index is 13.1. The van der Waals surface area contributed by atoms with Crippen LogP contribution in [0.15, 0.2) is 45.6 Å². The minimum Gasteiger partial charge on any atom is -0.506 e. The Morgan fingerprint density at radius 3 is 2.38 bits per heavy atom. The minimum atomic E-state index is -0.568. The standard InChI is InChI=1S/C26H25Cl2N3O6/c1-4-5-7-17-21(22-18(34-2)8-6-9-19(22)35-3)24(32)23(25(33)29-17)26-31-30-20(37-26)13-36-14-10-11-15(27)16(28)12-14/h6,8-12H,4-5,7,13H2,1-3H3,(H2,29,32,33). The smallest absolute Gasteiger partial charge is 0.264 e. The van der Waals surface area contributed by atoms with Crippen molar-refractivity contribution in [1.82, 2.24) is 15.2 Å². The number of pyridine rings is 1. The third-order valence-corrected chi connectivity index (χ3v) is 6.40. The molecule has 9 nitrogen and oxygen atoms in total. The first-order valence-electron chi connectivity index (χ1n) is 11.5. The summed E-state index contributed by atoms with van der Waals surface area (Å²) in [5.41, 5.74) is 0.664. The second-order valence-corrected chi connectivity index (χ2v) is 8.85. The van der Waals surface area contributed by atoms with Gasteiger partial charge in [-0.1, -0.05) is 42.6 Å². The van der Waals surface area contributed by atoms with E-state index in [9.17, 15) is 9.90 Å². The Hall–Kier alpha value is -3.69. The third kappa shape index (κ3) is 5.52. The zero-order valence-corrected chi connectivity index (χ0v) is 21.9. The second kappa shape index (κ2) is 11.6. The molecule has 0 radical (unpaired) electrons. The molecule has 0 spiro atoms. The van der Waals surface area contributed by atoms with E-state index in [0.717, 1.165) is 12.8 Å². The Morgan fingerprint density at radius 1 is 1.00 bits per heavy atom. The molecule has 194 valence electrons. The number of rotatable bonds is 10. The lowest BCUT2D eigenvalue weighted by molar-refractivity contribution is 0.264. The van der Waals surface area contributed by atoms with Gasteiger partial charge in [0.2, 0.25) is 0 Å². The number of aromatic amines is 1. The fraction of sp³-hybridized carbons (Fsp3) is 0.269. The van der Waals surface area contributed by atoms with Crippen LogP contribution < -0.4 is 19.8 Å². The number of hydrogen-bond acceptors (Lipinski definition) is 8. The first-order valence-corrected chi connectivity index (χ1v) is 12.2. The highest BCUT2D eigenvalue weighted by Crippen LogP contribution is 2.46. The molecule has 2 heterocycles. The van der Waals surface area contributed by atoms with Gasteiger partial charge in [0.15, 0.2) is 6.61 Å². The van der Waals surface area contributed by atoms with Crippen molar-refractivity contribution in [2.45, 2.75) is 32.8 Å². The molecule has 37 heavy (non-hydrogen) atoms. The Balaban J connectivity index is 1.77. The fourth-order valence-electron chi connectivity index (χ4n) is 3.87. The number of aromatic nitrogens is 3. The molecule has 2 aromatic carbocycles. The molecule has 0 aliphatic rings. The van der Waals surface area contributed by atoms with Gasteiger partial charge in [-0.15, -0.1) is 10.2 Å². The van der Waals surface area contributed by atoms with E-state index < -0.39 is 5.56 Å². The van der Waals surface area contributed by atoms with Gasteiger partial charge in [-0.25, -0.2) is 0 Å². The molecule has 0 atom stereocenters. The number of H-pyrrole nitrogens is 1. The van der Waals surface area contributed by atoms with Crippen LogP contribution in [0.5, 0.6) is 23.0 Å². The molecule has 0 saturated heterocycles. The number of halogens is 2. The van der Waals surface area contributed by atoms with Crippen molar-refractivity contribution in [3.63, 3.8) is 0 Å². The average Bonchev–Trinajstić information content (AvgIpc) is 3.36. The van der Waals surface area contributed by atoms with Crippen LogP contribution in [0.25, 0.3) is 22.6 Å². The molecule has 0 amide bonds. The van der Waals surface area contributed by atoms with Gasteiger partial charge in [-0.05, 0) is 37.1 Å². The summed E-state index contributed by atoms with van der Waals surface area (Å²) in [6.07, 6.45) is 2.19. The van der Waals surface area contributed by atoms with Crippen LogP contribution in [-0.2, 0) is 13.0 Å². The highest BCUT2D eigenvalue weighted by molar-refractivity contribution is 6.42. The lowest BCUT2D eigenvalue weighted by atomic mass is 9.96. The van der Waals surface area contributed by atoms with Gasteiger partial charge in [-0.3, -0.25) is 4.79 Å². The molecule has 11 heteroatoms. The van der Waals surface area contributed by atoms with Crippen molar-refractivity contribution >= 4 is 23.2 Å². The molecule has 0 bridgehead atoms. The SMILES string of the molecule is CCCCc1[nH]c(=O)c(-c2nnc(COc3ccc(Cl)c(Cl)c3)o2)c(O)c1-c1c(OC)cccc1OC. The maximum absolute atomic E-state index is 13.1. The molecule has 2 aromatic heterocycles. The number of ether oxygens (including phenoxy) is 3. The predicted octanol–water partition coefficient (Wildman–Crippen LogP) is 6.04. The highest BCUT2D eigenvalue weighted by atomic mass is 35.5. The van der Waals surface area contributed by atoms with Gasteiger partial charge in [0.05, 0.1) is 35.4 Å². The maximum Gasteiger partial charge on any atom is 0.264 e. The van der Waals surface area contributed by atoms with E-state index in [1.807, 2.05) is 6.92 Å². The largest absolute Gasteiger partial charge is 0.506 e. The Kier molecular flexibility index (Phi) is 8.25. The first-order chi connectivity index (χ1) is 17.9. The zero-order valence-electron chi connectivity index (χ0n) is 20.4. The minimum absolute atomic E-state index is 0.0892. The Morgan fingerprint density at radius 2 is 1.73 bits per heavy atom. The summed E-state index contributed by atoms with van der Waals surface area (Å²) < 4.78 is 22.4. The highest BCUT2D eigenvalue weighted by Gasteiger charge is 2.27. The van der Waals surface area contributed by atoms with Crippen LogP contribution in [0, 0.1) is 0 Å². The quantitative estimate of drug-likeness (QED) is 0.247.